The van der Waals surface area contributed by atoms with E-state index < -0.39 is 0 Å². The van der Waals surface area contributed by atoms with Crippen molar-refractivity contribution in [1.82, 2.24) is 5.32 Å². The monoisotopic (exact) mass is 162 g/mol. The molecule has 2 heteroatoms. The number of nitrogens with two attached hydrogens (primary N) is 1. The van der Waals surface area contributed by atoms with Gasteiger partial charge in [0.25, 0.3) is 0 Å². The summed E-state index contributed by atoms with van der Waals surface area (Å²) in [7, 11) is 0. The van der Waals surface area contributed by atoms with Gasteiger partial charge < -0.3 is 11.1 Å². The third kappa shape index (κ3) is 1.49. The summed E-state index contributed by atoms with van der Waals surface area (Å²) in [5.74, 6) is 0. The van der Waals surface area contributed by atoms with E-state index in [1.165, 1.54) is 5.56 Å². The number of rotatable bonds is 1. The van der Waals surface area contributed by atoms with E-state index in [1.54, 1.807) is 0 Å². The van der Waals surface area contributed by atoms with E-state index in [0.29, 0.717) is 12.1 Å². The minimum atomic E-state index is 0.329. The lowest BCUT2D eigenvalue weighted by Gasteiger charge is -2.09. The molecule has 12 heavy (non-hydrogen) atoms. The molecule has 1 saturated heterocycles. The van der Waals surface area contributed by atoms with Gasteiger partial charge in [-0.3, -0.25) is 0 Å². The maximum absolute atomic E-state index is 5.80. The zero-order valence-corrected chi connectivity index (χ0v) is 7.03. The Morgan fingerprint density at radius 1 is 1.25 bits per heavy atom. The topological polar surface area (TPSA) is 38.0 Å². The lowest BCUT2D eigenvalue weighted by Crippen LogP contribution is -2.22. The standard InChI is InChI=1S/C10H14N2/c11-9-6-10(12-7-9)8-4-2-1-3-5-8/h1-5,9-10,12H,6-7,11H2/t9-,10+/m0/s1. The van der Waals surface area contributed by atoms with E-state index in [0.717, 1.165) is 13.0 Å². The van der Waals surface area contributed by atoms with E-state index in [2.05, 4.69) is 29.6 Å². The second kappa shape index (κ2) is 3.25. The van der Waals surface area contributed by atoms with E-state index in [-0.39, 0.29) is 0 Å². The van der Waals surface area contributed by atoms with Crippen molar-refractivity contribution in [2.24, 2.45) is 5.73 Å². The first-order valence-electron chi connectivity index (χ1n) is 4.40. The van der Waals surface area contributed by atoms with Crippen LogP contribution in [0.25, 0.3) is 0 Å². The average molecular weight is 162 g/mol. The first-order valence-corrected chi connectivity index (χ1v) is 4.40. The number of benzene rings is 1. The van der Waals surface area contributed by atoms with Gasteiger partial charge in [0, 0.05) is 18.6 Å². The maximum atomic E-state index is 5.80. The Morgan fingerprint density at radius 3 is 2.58 bits per heavy atom. The van der Waals surface area contributed by atoms with Crippen LogP contribution in [0.1, 0.15) is 18.0 Å². The summed E-state index contributed by atoms with van der Waals surface area (Å²) in [6.45, 7) is 0.944. The first-order chi connectivity index (χ1) is 5.86. The number of hydrogen-bond acceptors (Lipinski definition) is 2. The lowest BCUT2D eigenvalue weighted by molar-refractivity contribution is 0.640. The summed E-state index contributed by atoms with van der Waals surface area (Å²) in [6, 6.07) is 11.3. The van der Waals surface area contributed by atoms with Crippen LogP contribution in [0.3, 0.4) is 0 Å². The van der Waals surface area contributed by atoms with Crippen molar-refractivity contribution in [3.8, 4) is 0 Å². The molecule has 1 aromatic carbocycles. The van der Waals surface area contributed by atoms with Crippen LogP contribution >= 0.6 is 0 Å². The lowest BCUT2D eigenvalue weighted by atomic mass is 10.0. The molecule has 0 radical (unpaired) electrons. The minimum Gasteiger partial charge on any atom is -0.326 e. The molecule has 0 spiro atoms. The number of nitrogens with one attached hydrogen (secondary N) is 1. The predicted octanol–water partition coefficient (Wildman–Crippen LogP) is 1.05. The molecule has 0 saturated carbocycles. The van der Waals surface area contributed by atoms with E-state index >= 15 is 0 Å². The van der Waals surface area contributed by atoms with E-state index in [1.807, 2.05) is 6.07 Å². The van der Waals surface area contributed by atoms with Crippen LogP contribution in [0, 0.1) is 0 Å². The van der Waals surface area contributed by atoms with Gasteiger partial charge in [-0.05, 0) is 12.0 Å². The van der Waals surface area contributed by atoms with Crippen molar-refractivity contribution in [1.29, 1.82) is 0 Å². The summed E-state index contributed by atoms with van der Waals surface area (Å²) in [4.78, 5) is 0. The van der Waals surface area contributed by atoms with Crippen LogP contribution in [0.4, 0.5) is 0 Å². The molecule has 1 fully saturated rings. The predicted molar refractivity (Wildman–Crippen MR) is 49.8 cm³/mol. The van der Waals surface area contributed by atoms with Crippen LogP contribution in [-0.2, 0) is 0 Å². The van der Waals surface area contributed by atoms with Crippen molar-refractivity contribution in [3.05, 3.63) is 35.9 Å². The SMILES string of the molecule is N[C@@H]1CN[C@@H](c2ccccc2)C1. The fourth-order valence-electron chi connectivity index (χ4n) is 1.70. The molecule has 2 atom stereocenters. The number of hydrogen-bond donors (Lipinski definition) is 2. The highest BCUT2D eigenvalue weighted by molar-refractivity contribution is 5.20. The van der Waals surface area contributed by atoms with Crippen molar-refractivity contribution >= 4 is 0 Å². The minimum absolute atomic E-state index is 0.329. The van der Waals surface area contributed by atoms with Gasteiger partial charge in [-0.25, -0.2) is 0 Å². The van der Waals surface area contributed by atoms with Gasteiger partial charge in [-0.2, -0.15) is 0 Å². The van der Waals surface area contributed by atoms with Gasteiger partial charge in [0.15, 0.2) is 0 Å². The quantitative estimate of drug-likeness (QED) is 0.647. The van der Waals surface area contributed by atoms with Gasteiger partial charge in [0.05, 0.1) is 0 Å². The van der Waals surface area contributed by atoms with Crippen molar-refractivity contribution < 1.29 is 0 Å². The molecule has 1 aromatic rings. The smallest absolute Gasteiger partial charge is 0.0336 e. The Kier molecular flexibility index (Phi) is 2.11. The van der Waals surface area contributed by atoms with Gasteiger partial charge >= 0.3 is 0 Å². The molecule has 0 amide bonds. The third-order valence-electron chi connectivity index (χ3n) is 2.37. The van der Waals surface area contributed by atoms with Crippen LogP contribution in [0.15, 0.2) is 30.3 Å². The summed E-state index contributed by atoms with van der Waals surface area (Å²) in [6.07, 6.45) is 1.06. The normalized spacial score (nSPS) is 29.1. The summed E-state index contributed by atoms with van der Waals surface area (Å²) in [5, 5.41) is 3.40. The molecule has 64 valence electrons. The van der Waals surface area contributed by atoms with Crippen LogP contribution in [0.2, 0.25) is 0 Å². The highest BCUT2D eigenvalue weighted by Crippen LogP contribution is 2.21. The molecule has 0 aliphatic carbocycles. The zero-order chi connectivity index (χ0) is 8.39. The molecule has 0 aromatic heterocycles. The van der Waals surface area contributed by atoms with E-state index in [4.69, 9.17) is 5.73 Å². The van der Waals surface area contributed by atoms with Gasteiger partial charge in [-0.15, -0.1) is 0 Å². The molecule has 2 nitrogen and oxygen atoms in total. The Bertz CT molecular complexity index is 245. The summed E-state index contributed by atoms with van der Waals surface area (Å²) < 4.78 is 0. The average Bonchev–Trinajstić information content (AvgIpc) is 2.54. The summed E-state index contributed by atoms with van der Waals surface area (Å²) >= 11 is 0. The van der Waals surface area contributed by atoms with Crippen molar-refractivity contribution in [3.63, 3.8) is 0 Å². The molecule has 0 unspecified atom stereocenters. The molecule has 0 bridgehead atoms. The Morgan fingerprint density at radius 2 is 2.00 bits per heavy atom. The zero-order valence-electron chi connectivity index (χ0n) is 7.03. The molecular weight excluding hydrogens is 148 g/mol. The molecule has 3 N–H and O–H groups in total. The fourth-order valence-corrected chi connectivity index (χ4v) is 1.70. The highest BCUT2D eigenvalue weighted by Gasteiger charge is 2.21. The van der Waals surface area contributed by atoms with Gasteiger partial charge in [0.2, 0.25) is 0 Å². The van der Waals surface area contributed by atoms with Crippen LogP contribution < -0.4 is 11.1 Å². The first kappa shape index (κ1) is 7.77. The van der Waals surface area contributed by atoms with Crippen molar-refractivity contribution in [2.45, 2.75) is 18.5 Å². The second-order valence-corrected chi connectivity index (χ2v) is 3.37. The maximum Gasteiger partial charge on any atom is 0.0336 e. The van der Waals surface area contributed by atoms with Crippen LogP contribution in [-0.4, -0.2) is 12.6 Å². The summed E-state index contributed by atoms with van der Waals surface area (Å²) in [5.41, 5.74) is 7.15. The van der Waals surface area contributed by atoms with E-state index in [9.17, 15) is 0 Å². The van der Waals surface area contributed by atoms with Gasteiger partial charge in [0.1, 0.15) is 0 Å². The molecule has 1 aliphatic rings. The Balaban J connectivity index is 2.11. The molecule has 1 heterocycles. The largest absolute Gasteiger partial charge is 0.326 e. The molecule has 2 rings (SSSR count). The molecular formula is C10H14N2. The second-order valence-electron chi connectivity index (χ2n) is 3.37. The van der Waals surface area contributed by atoms with Crippen molar-refractivity contribution in [2.75, 3.05) is 6.54 Å². The van der Waals surface area contributed by atoms with Gasteiger partial charge in [-0.1, -0.05) is 30.3 Å². The Labute approximate surface area is 72.8 Å². The highest BCUT2D eigenvalue weighted by atomic mass is 15.0. The van der Waals surface area contributed by atoms with Crippen LogP contribution in [0.5, 0.6) is 0 Å². The Hall–Kier alpha value is -0.860. The fraction of sp³-hybridized carbons (Fsp3) is 0.400. The third-order valence-corrected chi connectivity index (χ3v) is 2.37. The molecule has 1 aliphatic heterocycles.